The summed E-state index contributed by atoms with van der Waals surface area (Å²) in [6.07, 6.45) is 0. The maximum atomic E-state index is 12.0. The van der Waals surface area contributed by atoms with Gasteiger partial charge in [0.2, 0.25) is 0 Å². The monoisotopic (exact) mass is 285 g/mol. The molecule has 1 rings (SSSR count). The van der Waals surface area contributed by atoms with Gasteiger partial charge in [0.15, 0.2) is 0 Å². The number of rotatable bonds is 7. The van der Waals surface area contributed by atoms with Crippen LogP contribution in [0, 0.1) is 5.92 Å². The maximum absolute atomic E-state index is 12.0. The second-order valence-corrected chi connectivity index (χ2v) is 6.89. The third kappa shape index (κ3) is 5.28. The highest BCUT2D eigenvalue weighted by Gasteiger charge is 2.17. The quantitative estimate of drug-likeness (QED) is 0.787. The molecule has 1 aromatic carbocycles. The molecule has 0 saturated heterocycles. The molecule has 0 saturated carbocycles. The zero-order valence-electron chi connectivity index (χ0n) is 11.8. The molecule has 0 aliphatic rings. The van der Waals surface area contributed by atoms with Crippen LogP contribution in [0.1, 0.15) is 25.0 Å². The molecule has 0 aromatic heterocycles. The molecule has 3 N–H and O–H groups in total. The van der Waals surface area contributed by atoms with Crippen LogP contribution in [0.3, 0.4) is 0 Å². The molecule has 0 aliphatic heterocycles. The zero-order valence-corrected chi connectivity index (χ0v) is 12.6. The fraction of sp³-hybridized carbons (Fsp3) is 0.538. The number of nitrogens with two attached hydrogens (primary N) is 1. The van der Waals surface area contributed by atoms with E-state index in [0.29, 0.717) is 19.6 Å². The molecule has 1 aromatic rings. The van der Waals surface area contributed by atoms with Crippen molar-refractivity contribution in [2.45, 2.75) is 26.9 Å². The van der Waals surface area contributed by atoms with Gasteiger partial charge >= 0.3 is 0 Å². The van der Waals surface area contributed by atoms with E-state index in [-0.39, 0.29) is 5.92 Å². The highest BCUT2D eigenvalue weighted by Crippen LogP contribution is 2.08. The number of nitrogens with zero attached hydrogens (tertiary/aromatic N) is 1. The van der Waals surface area contributed by atoms with Crippen LogP contribution in [0.5, 0.6) is 0 Å². The summed E-state index contributed by atoms with van der Waals surface area (Å²) in [7, 11) is -1.84. The van der Waals surface area contributed by atoms with E-state index >= 15 is 0 Å². The van der Waals surface area contributed by atoms with Crippen molar-refractivity contribution >= 4 is 10.2 Å². The first kappa shape index (κ1) is 16.1. The number of hydrogen-bond acceptors (Lipinski definition) is 3. The highest BCUT2D eigenvalue weighted by molar-refractivity contribution is 7.87. The molecule has 0 aliphatic carbocycles. The molecule has 0 unspecified atom stereocenters. The first-order valence-electron chi connectivity index (χ1n) is 6.34. The van der Waals surface area contributed by atoms with Gasteiger partial charge in [-0.2, -0.15) is 12.7 Å². The van der Waals surface area contributed by atoms with Crippen LogP contribution in [0.2, 0.25) is 0 Å². The van der Waals surface area contributed by atoms with Gasteiger partial charge in [-0.1, -0.05) is 38.1 Å². The lowest BCUT2D eigenvalue weighted by Crippen LogP contribution is -2.39. The topological polar surface area (TPSA) is 75.4 Å². The average molecular weight is 285 g/mol. The van der Waals surface area contributed by atoms with Gasteiger partial charge in [0.05, 0.1) is 0 Å². The summed E-state index contributed by atoms with van der Waals surface area (Å²) in [5.41, 5.74) is 7.50. The van der Waals surface area contributed by atoms with Gasteiger partial charge in [-0.3, -0.25) is 0 Å². The molecule has 0 spiro atoms. The van der Waals surface area contributed by atoms with E-state index in [1.54, 1.807) is 7.05 Å². The van der Waals surface area contributed by atoms with E-state index in [0.717, 1.165) is 11.1 Å². The van der Waals surface area contributed by atoms with Crippen LogP contribution < -0.4 is 10.5 Å². The Kier molecular flexibility index (Phi) is 5.93. The second kappa shape index (κ2) is 7.00. The molecule has 0 fully saturated rings. The third-order valence-electron chi connectivity index (χ3n) is 2.75. The van der Waals surface area contributed by atoms with Crippen molar-refractivity contribution in [3.63, 3.8) is 0 Å². The van der Waals surface area contributed by atoms with E-state index < -0.39 is 10.2 Å². The van der Waals surface area contributed by atoms with Crippen molar-refractivity contribution in [1.82, 2.24) is 9.03 Å². The fourth-order valence-electron chi connectivity index (χ4n) is 1.51. The van der Waals surface area contributed by atoms with Gasteiger partial charge < -0.3 is 5.73 Å². The molecule has 0 heterocycles. The Hall–Kier alpha value is -0.950. The van der Waals surface area contributed by atoms with Gasteiger partial charge in [-0.25, -0.2) is 4.72 Å². The highest BCUT2D eigenvalue weighted by atomic mass is 32.2. The van der Waals surface area contributed by atoms with Gasteiger partial charge in [-0.15, -0.1) is 0 Å². The largest absolute Gasteiger partial charge is 0.326 e. The summed E-state index contributed by atoms with van der Waals surface area (Å²) < 4.78 is 27.8. The van der Waals surface area contributed by atoms with E-state index in [4.69, 9.17) is 5.73 Å². The van der Waals surface area contributed by atoms with E-state index in [2.05, 4.69) is 4.72 Å². The number of nitrogens with one attached hydrogen (secondary N) is 1. The average Bonchev–Trinajstić information content (AvgIpc) is 2.37. The minimum Gasteiger partial charge on any atom is -0.326 e. The summed E-state index contributed by atoms with van der Waals surface area (Å²) in [4.78, 5) is 0. The first-order valence-corrected chi connectivity index (χ1v) is 7.78. The smallest absolute Gasteiger partial charge is 0.279 e. The van der Waals surface area contributed by atoms with Crippen LogP contribution >= 0.6 is 0 Å². The van der Waals surface area contributed by atoms with Crippen LogP contribution in [-0.2, 0) is 23.3 Å². The standard InChI is InChI=1S/C13H23N3O2S/c1-11(2)9-15-19(17,18)16(3)10-13-6-4-12(8-14)5-7-13/h4-7,11,15H,8-10,14H2,1-3H3. The van der Waals surface area contributed by atoms with Crippen LogP contribution in [0.15, 0.2) is 24.3 Å². The Bertz CT molecular complexity index is 483. The number of benzene rings is 1. The number of hydrogen-bond donors (Lipinski definition) is 2. The molecular formula is C13H23N3O2S. The summed E-state index contributed by atoms with van der Waals surface area (Å²) in [5.74, 6) is 0.284. The molecule has 0 bridgehead atoms. The minimum atomic E-state index is -3.41. The van der Waals surface area contributed by atoms with Crippen LogP contribution in [0.4, 0.5) is 0 Å². The second-order valence-electron chi connectivity index (χ2n) is 5.02. The van der Waals surface area contributed by atoms with Crippen molar-refractivity contribution in [3.05, 3.63) is 35.4 Å². The Morgan fingerprint density at radius 2 is 1.74 bits per heavy atom. The van der Waals surface area contributed by atoms with Gasteiger partial charge in [0.25, 0.3) is 10.2 Å². The maximum Gasteiger partial charge on any atom is 0.279 e. The lowest BCUT2D eigenvalue weighted by molar-refractivity contribution is 0.449. The summed E-state index contributed by atoms with van der Waals surface area (Å²) >= 11 is 0. The van der Waals surface area contributed by atoms with E-state index in [1.165, 1.54) is 4.31 Å². The normalized spacial score (nSPS) is 12.3. The molecular weight excluding hydrogens is 262 g/mol. The molecule has 19 heavy (non-hydrogen) atoms. The molecule has 6 heteroatoms. The van der Waals surface area contributed by atoms with Crippen LogP contribution in [0.25, 0.3) is 0 Å². The predicted molar refractivity (Wildman–Crippen MR) is 77.6 cm³/mol. The van der Waals surface area contributed by atoms with Crippen molar-refractivity contribution in [2.75, 3.05) is 13.6 Å². The lowest BCUT2D eigenvalue weighted by atomic mass is 10.1. The van der Waals surface area contributed by atoms with Crippen molar-refractivity contribution < 1.29 is 8.42 Å². The van der Waals surface area contributed by atoms with Crippen LogP contribution in [-0.4, -0.2) is 26.3 Å². The van der Waals surface area contributed by atoms with Gasteiger partial charge in [-0.05, 0) is 17.0 Å². The molecule has 0 amide bonds. The Labute approximate surface area is 116 Å². The SMILES string of the molecule is CC(C)CNS(=O)(=O)N(C)Cc1ccc(CN)cc1. The predicted octanol–water partition coefficient (Wildman–Crippen LogP) is 1.07. The third-order valence-corrected chi connectivity index (χ3v) is 4.23. The molecule has 5 nitrogen and oxygen atoms in total. The van der Waals surface area contributed by atoms with Crippen molar-refractivity contribution in [3.8, 4) is 0 Å². The Morgan fingerprint density at radius 1 is 1.21 bits per heavy atom. The fourth-order valence-corrected chi connectivity index (χ4v) is 2.59. The summed E-state index contributed by atoms with van der Waals surface area (Å²) in [6.45, 7) is 5.21. The summed E-state index contributed by atoms with van der Waals surface area (Å²) in [5, 5.41) is 0. The van der Waals surface area contributed by atoms with Crippen molar-refractivity contribution in [1.29, 1.82) is 0 Å². The zero-order chi connectivity index (χ0) is 14.5. The molecule has 108 valence electrons. The molecule has 0 radical (unpaired) electrons. The minimum absolute atomic E-state index is 0.284. The van der Waals surface area contributed by atoms with E-state index in [9.17, 15) is 8.42 Å². The summed E-state index contributed by atoms with van der Waals surface area (Å²) in [6, 6.07) is 7.63. The Morgan fingerprint density at radius 3 is 2.21 bits per heavy atom. The first-order chi connectivity index (χ1) is 8.85. The van der Waals surface area contributed by atoms with Gasteiger partial charge in [0.1, 0.15) is 0 Å². The lowest BCUT2D eigenvalue weighted by Gasteiger charge is -2.18. The van der Waals surface area contributed by atoms with Gasteiger partial charge in [0, 0.05) is 26.7 Å². The molecule has 0 atom stereocenters. The van der Waals surface area contributed by atoms with E-state index in [1.807, 2.05) is 38.1 Å². The van der Waals surface area contributed by atoms with Crippen molar-refractivity contribution in [2.24, 2.45) is 11.7 Å². The Balaban J connectivity index is 2.64.